The Balaban J connectivity index is 1.83. The number of hydrogen-bond acceptors (Lipinski definition) is 3. The first kappa shape index (κ1) is 13.4. The van der Waals surface area contributed by atoms with E-state index in [2.05, 4.69) is 18.3 Å². The maximum Gasteiger partial charge on any atom is 0.0682 e. The zero-order valence-electron chi connectivity index (χ0n) is 11.1. The number of aliphatic hydroxyl groups is 1. The molecule has 1 fully saturated rings. The summed E-state index contributed by atoms with van der Waals surface area (Å²) in [7, 11) is 0. The lowest BCUT2D eigenvalue weighted by atomic mass is 9.93. The van der Waals surface area contributed by atoms with E-state index in [1.165, 1.54) is 19.3 Å². The number of rotatable bonds is 5. The normalized spacial score (nSPS) is 18.6. The van der Waals surface area contributed by atoms with Gasteiger partial charge in [-0.2, -0.15) is 0 Å². The Morgan fingerprint density at radius 1 is 1.39 bits per heavy atom. The fraction of sp³-hybridized carbons (Fsp3) is 0.600. The molecule has 1 aromatic carbocycles. The summed E-state index contributed by atoms with van der Waals surface area (Å²) in [5.74, 6) is 0.780. The second-order valence-electron chi connectivity index (χ2n) is 5.20. The molecule has 0 unspecified atom stereocenters. The van der Waals surface area contributed by atoms with Gasteiger partial charge in [-0.05, 0) is 49.8 Å². The van der Waals surface area contributed by atoms with Gasteiger partial charge in [0, 0.05) is 24.9 Å². The minimum Gasteiger partial charge on any atom is -0.392 e. The first-order chi connectivity index (χ1) is 8.78. The fourth-order valence-electron chi connectivity index (χ4n) is 2.59. The van der Waals surface area contributed by atoms with Crippen molar-refractivity contribution in [3.8, 4) is 0 Å². The Kier molecular flexibility index (Phi) is 5.02. The molecule has 1 atom stereocenters. The maximum absolute atomic E-state index is 9.12. The Bertz CT molecular complexity index is 361. The lowest BCUT2D eigenvalue weighted by molar-refractivity contribution is 0.0629. The molecule has 0 spiro atoms. The van der Waals surface area contributed by atoms with Crippen LogP contribution in [0.2, 0.25) is 0 Å². The van der Waals surface area contributed by atoms with Crippen molar-refractivity contribution in [3.05, 3.63) is 29.8 Å². The van der Waals surface area contributed by atoms with E-state index in [9.17, 15) is 0 Å². The predicted molar refractivity (Wildman–Crippen MR) is 73.6 cm³/mol. The van der Waals surface area contributed by atoms with E-state index in [4.69, 9.17) is 9.84 Å². The minimum absolute atomic E-state index is 0.101. The van der Waals surface area contributed by atoms with Crippen molar-refractivity contribution in [1.29, 1.82) is 0 Å². The monoisotopic (exact) mass is 249 g/mol. The van der Waals surface area contributed by atoms with Crippen molar-refractivity contribution in [2.24, 2.45) is 5.92 Å². The molecule has 0 bridgehead atoms. The molecule has 0 saturated carbocycles. The molecule has 1 heterocycles. The van der Waals surface area contributed by atoms with Crippen molar-refractivity contribution in [1.82, 2.24) is 0 Å². The van der Waals surface area contributed by atoms with E-state index >= 15 is 0 Å². The number of nitrogens with one attached hydrogen (secondary N) is 1. The highest BCUT2D eigenvalue weighted by Gasteiger charge is 2.16. The summed E-state index contributed by atoms with van der Waals surface area (Å²) in [6, 6.07) is 8.45. The average Bonchev–Trinajstić information content (AvgIpc) is 2.40. The van der Waals surface area contributed by atoms with Crippen LogP contribution >= 0.6 is 0 Å². The number of benzene rings is 1. The van der Waals surface area contributed by atoms with Crippen molar-refractivity contribution >= 4 is 5.69 Å². The van der Waals surface area contributed by atoms with Crippen LogP contribution in [0.15, 0.2) is 24.3 Å². The molecular formula is C15H23NO2. The van der Waals surface area contributed by atoms with Crippen LogP contribution in [-0.4, -0.2) is 24.4 Å². The first-order valence-electron chi connectivity index (χ1n) is 6.82. The van der Waals surface area contributed by atoms with Gasteiger partial charge in [-0.3, -0.25) is 0 Å². The number of aliphatic hydroxyl groups excluding tert-OH is 1. The van der Waals surface area contributed by atoms with Crippen LogP contribution in [0.4, 0.5) is 5.69 Å². The van der Waals surface area contributed by atoms with Crippen molar-refractivity contribution < 1.29 is 9.84 Å². The van der Waals surface area contributed by atoms with Gasteiger partial charge in [0.1, 0.15) is 0 Å². The molecular weight excluding hydrogens is 226 g/mol. The van der Waals surface area contributed by atoms with Crippen LogP contribution in [0, 0.1) is 5.92 Å². The molecule has 0 aromatic heterocycles. The van der Waals surface area contributed by atoms with Gasteiger partial charge in [-0.15, -0.1) is 0 Å². The third-order valence-corrected chi connectivity index (χ3v) is 3.55. The molecule has 0 radical (unpaired) electrons. The molecule has 2 rings (SSSR count). The lowest BCUT2D eigenvalue weighted by Gasteiger charge is -2.26. The van der Waals surface area contributed by atoms with E-state index in [-0.39, 0.29) is 6.61 Å². The Labute approximate surface area is 109 Å². The molecule has 1 aromatic rings. The summed E-state index contributed by atoms with van der Waals surface area (Å²) in [4.78, 5) is 0. The van der Waals surface area contributed by atoms with Crippen LogP contribution in [-0.2, 0) is 11.3 Å². The lowest BCUT2D eigenvalue weighted by Crippen LogP contribution is -2.24. The van der Waals surface area contributed by atoms with Gasteiger partial charge in [0.05, 0.1) is 6.61 Å². The van der Waals surface area contributed by atoms with Gasteiger partial charge >= 0.3 is 0 Å². The summed E-state index contributed by atoms with van der Waals surface area (Å²) in [6.45, 7) is 4.15. The van der Waals surface area contributed by atoms with Gasteiger partial charge in [0.2, 0.25) is 0 Å². The summed E-state index contributed by atoms with van der Waals surface area (Å²) in [5, 5.41) is 12.6. The summed E-state index contributed by atoms with van der Waals surface area (Å²) in [5.41, 5.74) is 2.05. The number of hydrogen-bond donors (Lipinski definition) is 2. The second-order valence-corrected chi connectivity index (χ2v) is 5.20. The highest BCUT2D eigenvalue weighted by atomic mass is 16.5. The largest absolute Gasteiger partial charge is 0.392 e. The third-order valence-electron chi connectivity index (χ3n) is 3.55. The molecule has 0 aliphatic carbocycles. The molecule has 1 aliphatic rings. The van der Waals surface area contributed by atoms with Crippen molar-refractivity contribution in [2.75, 3.05) is 18.5 Å². The topological polar surface area (TPSA) is 41.5 Å². The molecule has 0 amide bonds. The van der Waals surface area contributed by atoms with Crippen molar-refractivity contribution in [2.45, 2.75) is 38.8 Å². The van der Waals surface area contributed by atoms with E-state index < -0.39 is 0 Å². The van der Waals surface area contributed by atoms with Gasteiger partial charge in [0.15, 0.2) is 0 Å². The zero-order valence-corrected chi connectivity index (χ0v) is 11.1. The van der Waals surface area contributed by atoms with Gasteiger partial charge in [-0.25, -0.2) is 0 Å². The second kappa shape index (κ2) is 6.76. The van der Waals surface area contributed by atoms with Crippen LogP contribution in [0.5, 0.6) is 0 Å². The fourth-order valence-corrected chi connectivity index (χ4v) is 2.59. The number of ether oxygens (including phenoxy) is 1. The van der Waals surface area contributed by atoms with Crippen molar-refractivity contribution in [3.63, 3.8) is 0 Å². The SMILES string of the molecule is C[C@@H](CC1CCOCC1)Nc1cccc(CO)c1. The molecule has 1 saturated heterocycles. The van der Waals surface area contributed by atoms with E-state index in [1.807, 2.05) is 18.2 Å². The molecule has 3 heteroatoms. The van der Waals surface area contributed by atoms with Gasteiger partial charge in [-0.1, -0.05) is 12.1 Å². The Morgan fingerprint density at radius 2 is 2.17 bits per heavy atom. The highest BCUT2D eigenvalue weighted by molar-refractivity contribution is 5.46. The third kappa shape index (κ3) is 4.00. The summed E-state index contributed by atoms with van der Waals surface area (Å²) < 4.78 is 5.38. The summed E-state index contributed by atoms with van der Waals surface area (Å²) in [6.07, 6.45) is 3.55. The standard InChI is InChI=1S/C15H23NO2/c1-12(9-13-5-7-18-8-6-13)16-15-4-2-3-14(10-15)11-17/h2-4,10,12-13,16-17H,5-9,11H2,1H3/t12-/m0/s1. The first-order valence-corrected chi connectivity index (χ1v) is 6.82. The van der Waals surface area contributed by atoms with Crippen LogP contribution in [0.25, 0.3) is 0 Å². The Morgan fingerprint density at radius 3 is 2.89 bits per heavy atom. The average molecular weight is 249 g/mol. The minimum atomic E-state index is 0.101. The molecule has 2 N–H and O–H groups in total. The highest BCUT2D eigenvalue weighted by Crippen LogP contribution is 2.22. The number of anilines is 1. The van der Waals surface area contributed by atoms with Crippen LogP contribution in [0.3, 0.4) is 0 Å². The van der Waals surface area contributed by atoms with Gasteiger partial charge in [0.25, 0.3) is 0 Å². The van der Waals surface area contributed by atoms with E-state index in [0.29, 0.717) is 6.04 Å². The zero-order chi connectivity index (χ0) is 12.8. The molecule has 18 heavy (non-hydrogen) atoms. The van der Waals surface area contributed by atoms with E-state index in [0.717, 1.165) is 30.4 Å². The smallest absolute Gasteiger partial charge is 0.0682 e. The van der Waals surface area contributed by atoms with Gasteiger partial charge < -0.3 is 15.2 Å². The maximum atomic E-state index is 9.12. The Hall–Kier alpha value is -1.06. The summed E-state index contributed by atoms with van der Waals surface area (Å²) >= 11 is 0. The molecule has 1 aliphatic heterocycles. The molecule has 100 valence electrons. The van der Waals surface area contributed by atoms with Crippen LogP contribution < -0.4 is 5.32 Å². The van der Waals surface area contributed by atoms with Crippen LogP contribution in [0.1, 0.15) is 31.7 Å². The molecule has 3 nitrogen and oxygen atoms in total. The predicted octanol–water partition coefficient (Wildman–Crippen LogP) is 2.80. The van der Waals surface area contributed by atoms with E-state index in [1.54, 1.807) is 0 Å². The quantitative estimate of drug-likeness (QED) is 0.843.